The van der Waals surface area contributed by atoms with E-state index in [0.717, 1.165) is 30.2 Å². The molecule has 0 spiro atoms. The van der Waals surface area contributed by atoms with Crippen molar-refractivity contribution in [1.82, 2.24) is 29.0 Å². The van der Waals surface area contributed by atoms with E-state index in [1.165, 1.54) is 12.1 Å². The van der Waals surface area contributed by atoms with Crippen molar-refractivity contribution < 1.29 is 14.0 Å². The van der Waals surface area contributed by atoms with E-state index >= 15 is 0 Å². The summed E-state index contributed by atoms with van der Waals surface area (Å²) < 4.78 is 17.9. The van der Waals surface area contributed by atoms with Crippen LogP contribution in [0.3, 0.4) is 0 Å². The van der Waals surface area contributed by atoms with Gasteiger partial charge in [-0.2, -0.15) is 0 Å². The number of H-pyrrole nitrogens is 1. The van der Waals surface area contributed by atoms with Gasteiger partial charge in [0.25, 0.3) is 11.8 Å². The topological polar surface area (TPSA) is 113 Å². The van der Waals surface area contributed by atoms with Gasteiger partial charge in [-0.25, -0.2) is 14.4 Å². The minimum Gasteiger partial charge on any atom is -0.346 e. The normalized spacial score (nSPS) is 11.3. The number of carbonyl (C=O) groups is 2. The third-order valence-corrected chi connectivity index (χ3v) is 6.56. The summed E-state index contributed by atoms with van der Waals surface area (Å²) in [4.78, 5) is 40.3. The number of pyridine rings is 1. The van der Waals surface area contributed by atoms with Crippen LogP contribution in [0.5, 0.6) is 0 Å². The molecule has 3 N–H and O–H groups in total. The van der Waals surface area contributed by atoms with Crippen LogP contribution in [-0.4, -0.2) is 61.4 Å². The maximum Gasteiger partial charge on any atom is 0.272 e. The van der Waals surface area contributed by atoms with Gasteiger partial charge in [0.1, 0.15) is 17.0 Å². The minimum absolute atomic E-state index is 0.145. The predicted octanol–water partition coefficient (Wildman–Crippen LogP) is 5.01. The molecular formula is C28H28ClFN8O2. The van der Waals surface area contributed by atoms with Crippen LogP contribution in [0.1, 0.15) is 27.3 Å². The van der Waals surface area contributed by atoms with Gasteiger partial charge in [0, 0.05) is 37.2 Å². The first-order valence-electron chi connectivity index (χ1n) is 12.6. The lowest BCUT2D eigenvalue weighted by atomic mass is 10.2. The van der Waals surface area contributed by atoms with Gasteiger partial charge >= 0.3 is 0 Å². The van der Waals surface area contributed by atoms with E-state index < -0.39 is 11.7 Å². The Kier molecular flexibility index (Phi) is 7.67. The van der Waals surface area contributed by atoms with Crippen LogP contribution < -0.4 is 10.6 Å². The molecule has 0 atom stereocenters. The number of anilines is 2. The number of halogens is 2. The Morgan fingerprint density at radius 1 is 1.07 bits per heavy atom. The van der Waals surface area contributed by atoms with E-state index in [1.54, 1.807) is 29.2 Å². The lowest BCUT2D eigenvalue weighted by molar-refractivity contribution is 0.101. The van der Waals surface area contributed by atoms with Crippen LogP contribution in [0.15, 0.2) is 61.1 Å². The number of rotatable bonds is 9. The second kappa shape index (κ2) is 11.3. The molecule has 0 unspecified atom stereocenters. The van der Waals surface area contributed by atoms with Crippen molar-refractivity contribution in [3.05, 3.63) is 83.2 Å². The summed E-state index contributed by atoms with van der Waals surface area (Å²) in [6.45, 7) is 1.35. The molecule has 40 heavy (non-hydrogen) atoms. The quantitative estimate of drug-likeness (QED) is 0.234. The Hall–Kier alpha value is -4.48. The number of aromatic amines is 1. The molecule has 0 saturated heterocycles. The maximum atomic E-state index is 14.3. The third kappa shape index (κ3) is 5.90. The van der Waals surface area contributed by atoms with Crippen molar-refractivity contribution in [3.8, 4) is 11.5 Å². The van der Waals surface area contributed by atoms with E-state index in [1.807, 2.05) is 48.8 Å². The monoisotopic (exact) mass is 562 g/mol. The zero-order valence-electron chi connectivity index (χ0n) is 22.2. The fourth-order valence-electron chi connectivity index (χ4n) is 4.41. The summed E-state index contributed by atoms with van der Waals surface area (Å²) in [5.74, 6) is -1.09. The Morgan fingerprint density at radius 2 is 1.85 bits per heavy atom. The average molecular weight is 563 g/mol. The van der Waals surface area contributed by atoms with Crippen LogP contribution in [0, 0.1) is 5.82 Å². The summed E-state index contributed by atoms with van der Waals surface area (Å²) in [6.07, 6.45) is 5.93. The Bertz CT molecular complexity index is 1670. The molecule has 0 bridgehead atoms. The molecule has 1 aromatic carbocycles. The van der Waals surface area contributed by atoms with Crippen LogP contribution in [0.2, 0.25) is 5.02 Å². The SMILES string of the molecule is CN(C)CCCn1cc(NC(=O)c2ccc(Cl)cc2F)cc1C(=O)Nc1cc(-c2nc3cccnc3[nH]2)n(C)c1. The van der Waals surface area contributed by atoms with E-state index in [-0.39, 0.29) is 16.5 Å². The highest BCUT2D eigenvalue weighted by Crippen LogP contribution is 2.25. The number of hydrogen-bond donors (Lipinski definition) is 3. The number of benzene rings is 1. The Balaban J connectivity index is 1.37. The van der Waals surface area contributed by atoms with Crippen molar-refractivity contribution >= 4 is 46.0 Å². The molecule has 5 aromatic rings. The molecule has 0 aliphatic carbocycles. The highest BCUT2D eigenvalue weighted by Gasteiger charge is 2.19. The zero-order valence-corrected chi connectivity index (χ0v) is 23.0. The number of fused-ring (bicyclic) bond motifs is 1. The average Bonchev–Trinajstić information content (AvgIpc) is 3.60. The largest absolute Gasteiger partial charge is 0.346 e. The first-order valence-corrected chi connectivity index (χ1v) is 13.0. The summed E-state index contributed by atoms with van der Waals surface area (Å²) >= 11 is 5.81. The second-order valence-electron chi connectivity index (χ2n) is 9.68. The molecule has 12 heteroatoms. The maximum absolute atomic E-state index is 14.3. The van der Waals surface area contributed by atoms with E-state index in [2.05, 4.69) is 25.6 Å². The van der Waals surface area contributed by atoms with E-state index in [4.69, 9.17) is 11.6 Å². The standard InChI is InChI=1S/C28H28ClFN8O2/c1-36(2)10-5-11-38-16-19(32-27(39)20-8-7-17(29)12-21(20)30)14-24(38)28(40)33-18-13-23(37(3)15-18)26-34-22-6-4-9-31-25(22)35-26/h4,6-9,12-16H,5,10-11H2,1-3H3,(H,32,39)(H,33,40)(H,31,34,35). The van der Waals surface area contributed by atoms with Crippen LogP contribution in [0.4, 0.5) is 15.8 Å². The smallest absolute Gasteiger partial charge is 0.272 e. The number of nitrogens with zero attached hydrogens (tertiary/aromatic N) is 5. The molecule has 206 valence electrons. The van der Waals surface area contributed by atoms with Gasteiger partial charge in [0.2, 0.25) is 0 Å². The molecule has 4 heterocycles. The predicted molar refractivity (Wildman–Crippen MR) is 153 cm³/mol. The summed E-state index contributed by atoms with van der Waals surface area (Å²) in [7, 11) is 5.81. The van der Waals surface area contributed by atoms with Crippen LogP contribution in [0.25, 0.3) is 22.7 Å². The molecule has 0 fully saturated rings. The van der Waals surface area contributed by atoms with E-state index in [0.29, 0.717) is 35.1 Å². The molecule has 0 aliphatic rings. The zero-order chi connectivity index (χ0) is 28.4. The van der Waals surface area contributed by atoms with Crippen molar-refractivity contribution in [2.45, 2.75) is 13.0 Å². The first kappa shape index (κ1) is 27.1. The number of amides is 2. The summed E-state index contributed by atoms with van der Waals surface area (Å²) in [5.41, 5.74) is 3.34. The number of nitrogens with one attached hydrogen (secondary N) is 3. The third-order valence-electron chi connectivity index (χ3n) is 6.33. The van der Waals surface area contributed by atoms with Gasteiger partial charge in [-0.3, -0.25) is 9.59 Å². The van der Waals surface area contributed by atoms with Crippen molar-refractivity contribution in [2.75, 3.05) is 31.3 Å². The van der Waals surface area contributed by atoms with Crippen LogP contribution >= 0.6 is 11.6 Å². The number of aromatic nitrogens is 5. The number of hydrogen-bond acceptors (Lipinski definition) is 5. The van der Waals surface area contributed by atoms with Crippen molar-refractivity contribution in [2.24, 2.45) is 7.05 Å². The minimum atomic E-state index is -0.728. The van der Waals surface area contributed by atoms with Gasteiger partial charge in [0.15, 0.2) is 11.5 Å². The van der Waals surface area contributed by atoms with Crippen molar-refractivity contribution in [3.63, 3.8) is 0 Å². The fourth-order valence-corrected chi connectivity index (χ4v) is 4.57. The molecule has 0 radical (unpaired) electrons. The van der Waals surface area contributed by atoms with Gasteiger partial charge in [-0.15, -0.1) is 0 Å². The van der Waals surface area contributed by atoms with Gasteiger partial charge in [-0.05, 0) is 69.5 Å². The number of carbonyl (C=O) groups excluding carboxylic acids is 2. The second-order valence-corrected chi connectivity index (χ2v) is 10.1. The lowest BCUT2D eigenvalue weighted by Crippen LogP contribution is -2.19. The molecule has 0 saturated carbocycles. The lowest BCUT2D eigenvalue weighted by Gasteiger charge is -2.12. The Labute approximate surface area is 234 Å². The molecular weight excluding hydrogens is 535 g/mol. The molecule has 2 amide bonds. The van der Waals surface area contributed by atoms with Crippen LogP contribution in [-0.2, 0) is 13.6 Å². The van der Waals surface area contributed by atoms with Gasteiger partial charge in [0.05, 0.1) is 22.6 Å². The fraction of sp³-hybridized carbons (Fsp3) is 0.214. The molecule has 5 rings (SSSR count). The van der Waals surface area contributed by atoms with E-state index in [9.17, 15) is 14.0 Å². The van der Waals surface area contributed by atoms with Gasteiger partial charge in [-0.1, -0.05) is 11.6 Å². The number of aryl methyl sites for hydroxylation is 2. The summed E-state index contributed by atoms with van der Waals surface area (Å²) in [5, 5.41) is 5.82. The van der Waals surface area contributed by atoms with Gasteiger partial charge < -0.3 is 29.7 Å². The first-order chi connectivity index (χ1) is 19.2. The molecule has 4 aromatic heterocycles. The van der Waals surface area contributed by atoms with Crippen molar-refractivity contribution in [1.29, 1.82) is 0 Å². The number of imidazole rings is 1. The highest BCUT2D eigenvalue weighted by atomic mass is 35.5. The Morgan fingerprint density at radius 3 is 2.60 bits per heavy atom. The molecule has 0 aliphatic heterocycles. The highest BCUT2D eigenvalue weighted by molar-refractivity contribution is 6.30. The summed E-state index contributed by atoms with van der Waals surface area (Å²) in [6, 6.07) is 10.9. The molecule has 10 nitrogen and oxygen atoms in total.